The Balaban J connectivity index is 2.32. The van der Waals surface area contributed by atoms with Gasteiger partial charge in [0, 0.05) is 28.6 Å². The third-order valence-corrected chi connectivity index (χ3v) is 5.41. The van der Waals surface area contributed by atoms with Crippen LogP contribution in [0.5, 0.6) is 0 Å². The monoisotopic (exact) mass is 349 g/mol. The van der Waals surface area contributed by atoms with Gasteiger partial charge in [-0.25, -0.2) is 22.5 Å². The molecule has 2 aromatic rings. The SMILES string of the molecule is Cc1ncsc1CNS(=O)(=O)c1cc(Cl)cc(CN)c1F. The first-order valence-electron chi connectivity index (χ1n) is 5.91. The highest BCUT2D eigenvalue weighted by Gasteiger charge is 2.22. The van der Waals surface area contributed by atoms with Crippen molar-refractivity contribution in [2.24, 2.45) is 5.73 Å². The lowest BCUT2D eigenvalue weighted by molar-refractivity contribution is 0.550. The van der Waals surface area contributed by atoms with E-state index in [2.05, 4.69) is 9.71 Å². The summed E-state index contributed by atoms with van der Waals surface area (Å²) in [6.07, 6.45) is 0. The van der Waals surface area contributed by atoms with Gasteiger partial charge in [-0.3, -0.25) is 0 Å². The highest BCUT2D eigenvalue weighted by molar-refractivity contribution is 7.89. The van der Waals surface area contributed by atoms with Crippen molar-refractivity contribution in [3.8, 4) is 0 Å². The molecule has 1 heterocycles. The lowest BCUT2D eigenvalue weighted by Crippen LogP contribution is -2.24. The van der Waals surface area contributed by atoms with E-state index in [4.69, 9.17) is 17.3 Å². The van der Waals surface area contributed by atoms with Gasteiger partial charge in [0.1, 0.15) is 10.7 Å². The molecule has 0 unspecified atom stereocenters. The smallest absolute Gasteiger partial charge is 0.243 e. The van der Waals surface area contributed by atoms with Crippen molar-refractivity contribution in [2.45, 2.75) is 24.9 Å². The van der Waals surface area contributed by atoms with Crippen LogP contribution in [-0.2, 0) is 23.1 Å². The standard InChI is InChI=1S/C12H13ClFN3O2S2/c1-7-10(20-6-16-7)5-17-21(18,19)11-3-9(13)2-8(4-15)12(11)14/h2-3,6,17H,4-5,15H2,1H3. The Morgan fingerprint density at radius 1 is 1.48 bits per heavy atom. The van der Waals surface area contributed by atoms with Crippen molar-refractivity contribution in [3.63, 3.8) is 0 Å². The molecular formula is C12H13ClFN3O2S2. The molecule has 0 bridgehead atoms. The van der Waals surface area contributed by atoms with E-state index in [0.717, 1.165) is 16.6 Å². The van der Waals surface area contributed by atoms with Crippen molar-refractivity contribution < 1.29 is 12.8 Å². The zero-order valence-electron chi connectivity index (χ0n) is 11.1. The van der Waals surface area contributed by atoms with Gasteiger partial charge in [0.2, 0.25) is 10.0 Å². The molecule has 1 aromatic heterocycles. The van der Waals surface area contributed by atoms with Crippen molar-refractivity contribution in [3.05, 3.63) is 44.6 Å². The molecule has 0 atom stereocenters. The topological polar surface area (TPSA) is 85.1 Å². The molecule has 3 N–H and O–H groups in total. The van der Waals surface area contributed by atoms with E-state index < -0.39 is 20.7 Å². The van der Waals surface area contributed by atoms with E-state index >= 15 is 0 Å². The molecule has 0 saturated heterocycles. The minimum absolute atomic E-state index is 0.0444. The number of rotatable bonds is 5. The number of hydrogen-bond acceptors (Lipinski definition) is 5. The molecule has 5 nitrogen and oxygen atoms in total. The maximum absolute atomic E-state index is 14.1. The summed E-state index contributed by atoms with van der Waals surface area (Å²) in [5.41, 5.74) is 7.78. The molecule has 0 fully saturated rings. The van der Waals surface area contributed by atoms with Crippen LogP contribution in [0.1, 0.15) is 16.1 Å². The highest BCUT2D eigenvalue weighted by atomic mass is 35.5. The first kappa shape index (κ1) is 16.3. The van der Waals surface area contributed by atoms with E-state index in [1.165, 1.54) is 17.4 Å². The first-order valence-corrected chi connectivity index (χ1v) is 8.66. The van der Waals surface area contributed by atoms with Crippen molar-refractivity contribution in [2.75, 3.05) is 0 Å². The number of halogens is 2. The van der Waals surface area contributed by atoms with E-state index in [1.54, 1.807) is 12.4 Å². The van der Waals surface area contributed by atoms with Crippen LogP contribution >= 0.6 is 22.9 Å². The summed E-state index contributed by atoms with van der Waals surface area (Å²) in [6, 6.07) is 2.38. The lowest BCUT2D eigenvalue weighted by atomic mass is 10.2. The fourth-order valence-corrected chi connectivity index (χ4v) is 3.95. The Morgan fingerprint density at radius 3 is 2.76 bits per heavy atom. The predicted octanol–water partition coefficient (Wildman–Crippen LogP) is 2.18. The lowest BCUT2D eigenvalue weighted by Gasteiger charge is -2.10. The van der Waals surface area contributed by atoms with Crippen LogP contribution in [0.25, 0.3) is 0 Å². The zero-order chi connectivity index (χ0) is 15.6. The molecule has 0 aliphatic rings. The largest absolute Gasteiger partial charge is 0.326 e. The summed E-state index contributed by atoms with van der Waals surface area (Å²) in [5, 5.41) is 0.117. The van der Waals surface area contributed by atoms with E-state index in [0.29, 0.717) is 0 Å². The number of benzene rings is 1. The number of nitrogens with zero attached hydrogens (tertiary/aromatic N) is 1. The Labute approximate surface area is 131 Å². The van der Waals surface area contributed by atoms with Crippen LogP contribution in [0.15, 0.2) is 22.5 Å². The minimum atomic E-state index is -4.02. The Kier molecular flexibility index (Phi) is 4.95. The number of thiazole rings is 1. The summed E-state index contributed by atoms with van der Waals surface area (Å²) in [5.74, 6) is -0.879. The molecule has 1 aromatic carbocycles. The van der Waals surface area contributed by atoms with Gasteiger partial charge in [0.25, 0.3) is 0 Å². The number of nitrogens with one attached hydrogen (secondary N) is 1. The summed E-state index contributed by atoms with van der Waals surface area (Å²) in [7, 11) is -4.02. The van der Waals surface area contributed by atoms with Crippen LogP contribution < -0.4 is 10.5 Å². The van der Waals surface area contributed by atoms with Crippen molar-refractivity contribution >= 4 is 33.0 Å². The number of hydrogen-bond donors (Lipinski definition) is 2. The van der Waals surface area contributed by atoms with E-state index in [9.17, 15) is 12.8 Å². The number of aryl methyl sites for hydroxylation is 1. The maximum atomic E-state index is 14.1. The van der Waals surface area contributed by atoms with Gasteiger partial charge in [-0.05, 0) is 19.1 Å². The second-order valence-corrected chi connectivity index (χ2v) is 7.38. The zero-order valence-corrected chi connectivity index (χ0v) is 13.4. The second-order valence-electron chi connectivity index (χ2n) is 4.27. The van der Waals surface area contributed by atoms with E-state index in [1.807, 2.05) is 0 Å². The van der Waals surface area contributed by atoms with Crippen LogP contribution in [-0.4, -0.2) is 13.4 Å². The quantitative estimate of drug-likeness (QED) is 0.866. The summed E-state index contributed by atoms with van der Waals surface area (Å²) in [6.45, 7) is 1.68. The van der Waals surface area contributed by atoms with Crippen LogP contribution in [0.2, 0.25) is 5.02 Å². The van der Waals surface area contributed by atoms with Crippen LogP contribution in [0, 0.1) is 12.7 Å². The molecule has 9 heteroatoms. The average molecular weight is 350 g/mol. The van der Waals surface area contributed by atoms with Gasteiger partial charge in [-0.2, -0.15) is 0 Å². The molecule has 0 spiro atoms. The summed E-state index contributed by atoms with van der Waals surface area (Å²) in [4.78, 5) is 4.28. The Bertz CT molecular complexity index is 762. The summed E-state index contributed by atoms with van der Waals surface area (Å²) < 4.78 is 40.9. The molecule has 21 heavy (non-hydrogen) atoms. The molecule has 0 radical (unpaired) electrons. The second kappa shape index (κ2) is 6.37. The Hall–Kier alpha value is -1.06. The first-order chi connectivity index (χ1) is 9.85. The number of sulfonamides is 1. The van der Waals surface area contributed by atoms with E-state index in [-0.39, 0.29) is 23.7 Å². The molecule has 0 saturated carbocycles. The van der Waals surface area contributed by atoms with Crippen molar-refractivity contribution in [1.82, 2.24) is 9.71 Å². The molecule has 114 valence electrons. The van der Waals surface area contributed by atoms with Crippen molar-refractivity contribution in [1.29, 1.82) is 0 Å². The molecule has 0 aliphatic carbocycles. The van der Waals surface area contributed by atoms with Gasteiger partial charge in [-0.15, -0.1) is 11.3 Å². The normalized spacial score (nSPS) is 11.8. The number of nitrogens with two attached hydrogens (primary N) is 1. The van der Waals surface area contributed by atoms with Crippen LogP contribution in [0.3, 0.4) is 0 Å². The van der Waals surface area contributed by atoms with Gasteiger partial charge < -0.3 is 5.73 Å². The molecule has 0 amide bonds. The third kappa shape index (κ3) is 3.58. The number of aromatic nitrogens is 1. The van der Waals surface area contributed by atoms with Crippen LogP contribution in [0.4, 0.5) is 4.39 Å². The highest BCUT2D eigenvalue weighted by Crippen LogP contribution is 2.24. The van der Waals surface area contributed by atoms with Gasteiger partial charge in [0.05, 0.1) is 11.2 Å². The molecule has 0 aliphatic heterocycles. The molecular weight excluding hydrogens is 337 g/mol. The minimum Gasteiger partial charge on any atom is -0.326 e. The molecule has 2 rings (SSSR count). The Morgan fingerprint density at radius 2 is 2.19 bits per heavy atom. The van der Waals surface area contributed by atoms with Gasteiger partial charge in [-0.1, -0.05) is 11.6 Å². The fourth-order valence-electron chi connectivity index (χ4n) is 1.70. The third-order valence-electron chi connectivity index (χ3n) is 2.86. The maximum Gasteiger partial charge on any atom is 0.243 e. The average Bonchev–Trinajstić information content (AvgIpc) is 2.84. The van der Waals surface area contributed by atoms with Gasteiger partial charge in [0.15, 0.2) is 0 Å². The fraction of sp³-hybridized carbons (Fsp3) is 0.250. The predicted molar refractivity (Wildman–Crippen MR) is 80.2 cm³/mol. The van der Waals surface area contributed by atoms with Gasteiger partial charge >= 0.3 is 0 Å². The summed E-state index contributed by atoms with van der Waals surface area (Å²) >= 11 is 7.13.